The normalized spacial score (nSPS) is 11.4. The zero-order chi connectivity index (χ0) is 16.2. The molecule has 0 rings (SSSR count). The van der Waals surface area contributed by atoms with E-state index < -0.39 is 16.6 Å². The molecular weight excluding hydrogens is 292 g/mol. The number of rotatable bonds is 14. The van der Waals surface area contributed by atoms with Crippen LogP contribution in [0.3, 0.4) is 0 Å². The van der Waals surface area contributed by atoms with Crippen molar-refractivity contribution in [1.82, 2.24) is 0 Å². The van der Waals surface area contributed by atoms with Crippen molar-refractivity contribution < 1.29 is 8.85 Å². The Kier molecular flexibility index (Phi) is 9.91. The molecule has 0 saturated heterocycles. The number of hydrogen-bond donors (Lipinski definition) is 0. The van der Waals surface area contributed by atoms with Gasteiger partial charge in [0.25, 0.3) is 16.6 Å². The quantitative estimate of drug-likeness (QED) is 0.348. The smallest absolute Gasteiger partial charge is 0.264 e. The molecule has 0 aromatic carbocycles. The summed E-state index contributed by atoms with van der Waals surface area (Å²) in [6, 6.07) is 0. The van der Waals surface area contributed by atoms with Crippen molar-refractivity contribution in [2.45, 2.75) is 19.3 Å². The molecule has 0 unspecified atom stereocenters. The summed E-state index contributed by atoms with van der Waals surface area (Å²) in [5.41, 5.74) is 11.0. The van der Waals surface area contributed by atoms with E-state index in [1.54, 1.807) is 0 Å². The van der Waals surface area contributed by atoms with Gasteiger partial charge in [0.2, 0.25) is 0 Å². The molecule has 4 heteroatoms. The summed E-state index contributed by atoms with van der Waals surface area (Å²) < 4.78 is 11.8. The van der Waals surface area contributed by atoms with E-state index in [4.69, 9.17) is 8.85 Å². The molecule has 0 aromatic rings. The van der Waals surface area contributed by atoms with Gasteiger partial charge in [0.05, 0.1) is 0 Å². The van der Waals surface area contributed by atoms with Gasteiger partial charge >= 0.3 is 0 Å². The van der Waals surface area contributed by atoms with Crippen LogP contribution in [0.4, 0.5) is 0 Å². The Hall–Kier alpha value is -1.21. The number of hydrogen-bond acceptors (Lipinski definition) is 2. The van der Waals surface area contributed by atoms with Crippen LogP contribution in [0, 0.1) is 0 Å². The highest BCUT2D eigenvalue weighted by molar-refractivity contribution is 6.88. The third kappa shape index (κ3) is 6.39. The van der Waals surface area contributed by atoms with Gasteiger partial charge in [-0.1, -0.05) is 34.2 Å². The van der Waals surface area contributed by atoms with E-state index >= 15 is 0 Å². The highest BCUT2D eigenvalue weighted by atomic mass is 28.4. The van der Waals surface area contributed by atoms with Crippen LogP contribution in [0.2, 0.25) is 0 Å². The molecule has 0 aliphatic heterocycles. The van der Waals surface area contributed by atoms with E-state index in [1.807, 2.05) is 34.2 Å². The van der Waals surface area contributed by atoms with Crippen molar-refractivity contribution in [3.05, 3.63) is 73.7 Å². The largest absolute Gasteiger partial charge is 0.405 e. The minimum absolute atomic E-state index is 0.698. The van der Waals surface area contributed by atoms with Crippen molar-refractivity contribution in [2.24, 2.45) is 0 Å². The zero-order valence-corrected chi connectivity index (χ0v) is 15.1. The van der Waals surface area contributed by atoms with Gasteiger partial charge in [-0.15, -0.1) is 39.5 Å². The third-order valence-electron chi connectivity index (χ3n) is 3.41. The van der Waals surface area contributed by atoms with E-state index in [9.17, 15) is 0 Å². The van der Waals surface area contributed by atoms with Crippen LogP contribution >= 0.6 is 0 Å². The average molecular weight is 321 g/mol. The Bertz CT molecular complexity index is 309. The molecule has 0 heterocycles. The second kappa shape index (κ2) is 10.5. The summed E-state index contributed by atoms with van der Waals surface area (Å²) >= 11 is 0. The molecule has 0 atom stereocenters. The van der Waals surface area contributed by atoms with Crippen LogP contribution in [-0.4, -0.2) is 29.8 Å². The second-order valence-electron chi connectivity index (χ2n) is 4.69. The summed E-state index contributed by atoms with van der Waals surface area (Å²) in [5.74, 6) is 0. The molecule has 2 nitrogen and oxygen atoms in total. The van der Waals surface area contributed by atoms with E-state index in [1.165, 1.54) is 0 Å². The van der Waals surface area contributed by atoms with Crippen LogP contribution in [0.1, 0.15) is 19.3 Å². The molecule has 0 aliphatic rings. The van der Waals surface area contributed by atoms with Crippen molar-refractivity contribution in [3.63, 3.8) is 0 Å². The zero-order valence-electron chi connectivity index (χ0n) is 13.1. The standard InChI is InChI=1S/C17H28O2Si2/c1-7-20(8-2,9-3)18-16-14-13-15-17-19-21(10-4,11-5)12-6/h7-12H,1-6,13-17H2. The molecule has 0 aliphatic carbocycles. The first kappa shape index (κ1) is 19.8. The van der Waals surface area contributed by atoms with E-state index in [2.05, 4.69) is 39.5 Å². The van der Waals surface area contributed by atoms with E-state index in [-0.39, 0.29) is 0 Å². The van der Waals surface area contributed by atoms with E-state index in [0.717, 1.165) is 19.3 Å². The lowest BCUT2D eigenvalue weighted by molar-refractivity contribution is 0.281. The second-order valence-corrected chi connectivity index (χ2v) is 11.1. The van der Waals surface area contributed by atoms with Gasteiger partial charge in [0.15, 0.2) is 0 Å². The molecule has 0 bridgehead atoms. The highest BCUT2D eigenvalue weighted by Crippen LogP contribution is 2.12. The summed E-state index contributed by atoms with van der Waals surface area (Å²) in [4.78, 5) is 0. The minimum atomic E-state index is -2.11. The number of unbranched alkanes of at least 4 members (excludes halogenated alkanes) is 2. The molecule has 0 saturated carbocycles. The van der Waals surface area contributed by atoms with Crippen LogP contribution in [0.25, 0.3) is 0 Å². The Morgan fingerprint density at radius 2 is 0.810 bits per heavy atom. The Balaban J connectivity index is 3.93. The van der Waals surface area contributed by atoms with E-state index in [0.29, 0.717) is 13.2 Å². The summed E-state index contributed by atoms with van der Waals surface area (Å²) in [7, 11) is -4.21. The van der Waals surface area contributed by atoms with Gasteiger partial charge in [-0.25, -0.2) is 0 Å². The molecule has 0 radical (unpaired) electrons. The fraction of sp³-hybridized carbons (Fsp3) is 0.294. The van der Waals surface area contributed by atoms with Crippen molar-refractivity contribution in [1.29, 1.82) is 0 Å². The molecule has 0 spiro atoms. The molecular formula is C17H28O2Si2. The van der Waals surface area contributed by atoms with Crippen LogP contribution in [0.5, 0.6) is 0 Å². The molecule has 116 valence electrons. The first-order chi connectivity index (χ1) is 10.1. The van der Waals surface area contributed by atoms with Gasteiger partial charge in [0, 0.05) is 13.2 Å². The fourth-order valence-electron chi connectivity index (χ4n) is 1.73. The molecule has 0 amide bonds. The summed E-state index contributed by atoms with van der Waals surface area (Å²) in [6.45, 7) is 24.2. The van der Waals surface area contributed by atoms with Gasteiger partial charge in [-0.05, 0) is 19.3 Å². The van der Waals surface area contributed by atoms with Gasteiger partial charge in [0.1, 0.15) is 0 Å². The first-order valence-electron chi connectivity index (χ1n) is 7.17. The van der Waals surface area contributed by atoms with Crippen molar-refractivity contribution in [2.75, 3.05) is 13.2 Å². The average Bonchev–Trinajstić information content (AvgIpc) is 2.55. The lowest BCUT2D eigenvalue weighted by Crippen LogP contribution is -2.32. The monoisotopic (exact) mass is 320 g/mol. The SMILES string of the molecule is C=C[Si](C=C)(C=C)OCCCCCO[Si](C=C)(C=C)C=C. The molecule has 0 aromatic heterocycles. The van der Waals surface area contributed by atoms with Crippen LogP contribution < -0.4 is 0 Å². The van der Waals surface area contributed by atoms with Crippen LogP contribution in [0.15, 0.2) is 73.7 Å². The third-order valence-corrected chi connectivity index (χ3v) is 8.64. The maximum Gasteiger partial charge on any atom is 0.264 e. The Morgan fingerprint density at radius 3 is 1.05 bits per heavy atom. The predicted octanol–water partition coefficient (Wildman–Crippen LogP) is 4.43. The maximum absolute atomic E-state index is 5.89. The predicted molar refractivity (Wildman–Crippen MR) is 98.4 cm³/mol. The van der Waals surface area contributed by atoms with Gasteiger partial charge < -0.3 is 8.85 Å². The first-order valence-corrected chi connectivity index (χ1v) is 11.4. The van der Waals surface area contributed by atoms with Crippen molar-refractivity contribution in [3.8, 4) is 0 Å². The van der Waals surface area contributed by atoms with Gasteiger partial charge in [-0.2, -0.15) is 0 Å². The van der Waals surface area contributed by atoms with Crippen LogP contribution in [-0.2, 0) is 8.85 Å². The molecule has 0 N–H and O–H groups in total. The fourth-order valence-corrected chi connectivity index (χ4v) is 4.44. The summed E-state index contributed by atoms with van der Waals surface area (Å²) in [6.07, 6.45) is 3.02. The molecule has 21 heavy (non-hydrogen) atoms. The minimum Gasteiger partial charge on any atom is -0.405 e. The lowest BCUT2D eigenvalue weighted by atomic mass is 10.2. The Morgan fingerprint density at radius 1 is 0.524 bits per heavy atom. The van der Waals surface area contributed by atoms with Crippen molar-refractivity contribution >= 4 is 16.6 Å². The lowest BCUT2D eigenvalue weighted by Gasteiger charge is -2.21. The Labute approximate surface area is 132 Å². The van der Waals surface area contributed by atoms with Gasteiger partial charge in [-0.3, -0.25) is 0 Å². The highest BCUT2D eigenvalue weighted by Gasteiger charge is 2.24. The topological polar surface area (TPSA) is 18.5 Å². The summed E-state index contributed by atoms with van der Waals surface area (Å²) in [5, 5.41) is 0. The molecule has 0 fully saturated rings. The maximum atomic E-state index is 5.89.